The van der Waals surface area contributed by atoms with Gasteiger partial charge in [0.25, 0.3) is 5.65 Å². The highest BCUT2D eigenvalue weighted by Gasteiger charge is 2.28. The number of aryl methyl sites for hydroxylation is 2. The summed E-state index contributed by atoms with van der Waals surface area (Å²) < 4.78 is 6.97. The molecule has 0 saturated carbocycles. The maximum absolute atomic E-state index is 5.07. The molecule has 0 unspecified atom stereocenters. The van der Waals surface area contributed by atoms with Crippen molar-refractivity contribution in [2.24, 2.45) is 7.05 Å². The van der Waals surface area contributed by atoms with Crippen molar-refractivity contribution in [3.8, 4) is 0 Å². The quantitative estimate of drug-likeness (QED) is 0.314. The molecule has 30 heavy (non-hydrogen) atoms. The average Bonchev–Trinajstić information content (AvgIpc) is 3.24. The maximum Gasteiger partial charge on any atom is 0.312 e. The summed E-state index contributed by atoms with van der Waals surface area (Å²) in [6.45, 7) is 9.14. The van der Waals surface area contributed by atoms with E-state index in [0.29, 0.717) is 0 Å². The van der Waals surface area contributed by atoms with Gasteiger partial charge in [-0.2, -0.15) is 9.38 Å². The Bertz CT molecular complexity index is 1640. The zero-order valence-electron chi connectivity index (χ0n) is 18.1. The first kappa shape index (κ1) is 17.5. The Morgan fingerprint density at radius 3 is 2.27 bits per heavy atom. The Hall–Kier alpha value is -3.40. The lowest BCUT2D eigenvalue weighted by molar-refractivity contribution is -0.617. The molecule has 148 valence electrons. The average molecular weight is 394 g/mol. The van der Waals surface area contributed by atoms with Crippen molar-refractivity contribution < 1.29 is 4.57 Å². The van der Waals surface area contributed by atoms with E-state index in [4.69, 9.17) is 4.98 Å². The van der Waals surface area contributed by atoms with Crippen LogP contribution in [0.25, 0.3) is 44.4 Å². The molecule has 0 atom stereocenters. The monoisotopic (exact) mass is 393 g/mol. The lowest BCUT2D eigenvalue weighted by Crippen LogP contribution is -2.28. The van der Waals surface area contributed by atoms with Crippen molar-refractivity contribution in [3.05, 3.63) is 71.8 Å². The van der Waals surface area contributed by atoms with Crippen molar-refractivity contribution in [1.29, 1.82) is 0 Å². The number of para-hydroxylation sites is 4. The third-order valence-electron chi connectivity index (χ3n) is 6.47. The van der Waals surface area contributed by atoms with E-state index < -0.39 is 0 Å². The van der Waals surface area contributed by atoms with Crippen molar-refractivity contribution in [2.45, 2.75) is 33.1 Å². The highest BCUT2D eigenvalue weighted by molar-refractivity contribution is 6.01. The van der Waals surface area contributed by atoms with Gasteiger partial charge in [-0.3, -0.25) is 4.40 Å². The van der Waals surface area contributed by atoms with Gasteiger partial charge in [0, 0.05) is 0 Å². The van der Waals surface area contributed by atoms with Crippen LogP contribution in [0, 0.1) is 6.92 Å². The number of hydrogen-bond acceptors (Lipinski definition) is 1. The van der Waals surface area contributed by atoms with E-state index in [1.54, 1.807) is 0 Å². The van der Waals surface area contributed by atoms with Crippen molar-refractivity contribution in [2.75, 3.05) is 0 Å². The fraction of sp³-hybridized carbons (Fsp3) is 0.231. The summed E-state index contributed by atoms with van der Waals surface area (Å²) in [7, 11) is 2.17. The summed E-state index contributed by atoms with van der Waals surface area (Å²) >= 11 is 0. The first-order valence-electron chi connectivity index (χ1n) is 10.5. The molecule has 4 heteroatoms. The molecule has 0 N–H and O–H groups in total. The van der Waals surface area contributed by atoms with E-state index >= 15 is 0 Å². The fourth-order valence-corrected chi connectivity index (χ4v) is 5.18. The zero-order valence-corrected chi connectivity index (χ0v) is 18.1. The van der Waals surface area contributed by atoms with E-state index in [-0.39, 0.29) is 5.41 Å². The molecular formula is C26H25N4+. The molecule has 0 aliphatic carbocycles. The Morgan fingerprint density at radius 1 is 0.800 bits per heavy atom. The number of benzene rings is 3. The first-order chi connectivity index (χ1) is 14.4. The third-order valence-corrected chi connectivity index (χ3v) is 6.47. The van der Waals surface area contributed by atoms with Gasteiger partial charge < -0.3 is 0 Å². The van der Waals surface area contributed by atoms with E-state index in [0.717, 1.165) is 16.8 Å². The Balaban J connectivity index is 2.04. The van der Waals surface area contributed by atoms with Gasteiger partial charge in [0.2, 0.25) is 0 Å². The predicted molar refractivity (Wildman–Crippen MR) is 123 cm³/mol. The maximum atomic E-state index is 5.07. The van der Waals surface area contributed by atoms with Crippen LogP contribution in [0.4, 0.5) is 0 Å². The number of aromatic nitrogens is 4. The summed E-state index contributed by atoms with van der Waals surface area (Å²) in [6, 6.07) is 21.6. The van der Waals surface area contributed by atoms with Crippen LogP contribution in [-0.4, -0.2) is 13.8 Å². The lowest BCUT2D eigenvalue weighted by atomic mass is 9.83. The molecule has 3 aromatic carbocycles. The van der Waals surface area contributed by atoms with E-state index in [2.05, 4.69) is 109 Å². The largest absolute Gasteiger partial charge is 0.312 e. The van der Waals surface area contributed by atoms with Gasteiger partial charge in [-0.05, 0) is 53.8 Å². The van der Waals surface area contributed by atoms with Gasteiger partial charge in [-0.15, -0.1) is 0 Å². The van der Waals surface area contributed by atoms with Crippen LogP contribution in [0.2, 0.25) is 0 Å². The highest BCUT2D eigenvalue weighted by atomic mass is 15.2. The minimum Gasteiger partial charge on any atom is -0.258 e. The lowest BCUT2D eigenvalue weighted by Gasteiger charge is -2.22. The van der Waals surface area contributed by atoms with E-state index in [9.17, 15) is 0 Å². The summed E-state index contributed by atoms with van der Waals surface area (Å²) in [4.78, 5) is 5.07. The van der Waals surface area contributed by atoms with Crippen LogP contribution in [0.3, 0.4) is 0 Å². The Kier molecular flexibility index (Phi) is 3.26. The second kappa shape index (κ2) is 5.60. The smallest absolute Gasteiger partial charge is 0.258 e. The van der Waals surface area contributed by atoms with E-state index in [1.165, 1.54) is 38.7 Å². The molecule has 0 bridgehead atoms. The molecule has 0 fully saturated rings. The normalized spacial score (nSPS) is 12.8. The highest BCUT2D eigenvalue weighted by Crippen LogP contribution is 2.35. The number of nitrogens with zero attached hydrogens (tertiary/aromatic N) is 4. The summed E-state index contributed by atoms with van der Waals surface area (Å²) in [6.07, 6.45) is 0. The molecule has 6 aromatic rings. The Morgan fingerprint density at radius 2 is 1.50 bits per heavy atom. The van der Waals surface area contributed by atoms with Gasteiger partial charge in [0.15, 0.2) is 11.0 Å². The SMILES string of the molecule is Cc1c(C(C)(C)C)ccc2c1c1n(c3ccccc3[n+]1C)c1nc3ccccc3n21. The molecule has 0 saturated heterocycles. The van der Waals surface area contributed by atoms with Crippen molar-refractivity contribution in [3.63, 3.8) is 0 Å². The minimum atomic E-state index is 0.0752. The van der Waals surface area contributed by atoms with E-state index in [1.807, 2.05) is 0 Å². The van der Waals surface area contributed by atoms with Crippen LogP contribution < -0.4 is 4.57 Å². The zero-order chi connectivity index (χ0) is 20.8. The topological polar surface area (TPSA) is 25.6 Å². The van der Waals surface area contributed by atoms with Crippen LogP contribution in [0.1, 0.15) is 31.9 Å². The summed E-state index contributed by atoms with van der Waals surface area (Å²) in [5.41, 5.74) is 9.73. The number of imidazole rings is 2. The number of rotatable bonds is 0. The molecule has 3 aromatic heterocycles. The Labute approximate surface area is 175 Å². The van der Waals surface area contributed by atoms with Gasteiger partial charge in [0.05, 0.1) is 29.0 Å². The third kappa shape index (κ3) is 2.06. The van der Waals surface area contributed by atoms with Gasteiger partial charge >= 0.3 is 5.78 Å². The first-order valence-corrected chi connectivity index (χ1v) is 10.5. The molecule has 4 nitrogen and oxygen atoms in total. The van der Waals surface area contributed by atoms with Gasteiger partial charge in [-0.25, -0.2) is 4.57 Å². The molecule has 6 rings (SSSR count). The summed E-state index contributed by atoms with van der Waals surface area (Å²) in [5.74, 6) is 0.957. The molecular weight excluding hydrogens is 368 g/mol. The van der Waals surface area contributed by atoms with Crippen molar-refractivity contribution >= 4 is 44.4 Å². The molecule has 0 spiro atoms. The van der Waals surface area contributed by atoms with Gasteiger partial charge in [-0.1, -0.05) is 51.1 Å². The van der Waals surface area contributed by atoms with Crippen LogP contribution in [0.5, 0.6) is 0 Å². The number of fused-ring (bicyclic) bond motifs is 10. The molecule has 0 amide bonds. The molecule has 3 heterocycles. The summed E-state index contributed by atoms with van der Waals surface area (Å²) in [5, 5.41) is 1.29. The second-order valence-corrected chi connectivity index (χ2v) is 9.32. The molecule has 0 aliphatic rings. The van der Waals surface area contributed by atoms with Crippen LogP contribution >= 0.6 is 0 Å². The second-order valence-electron chi connectivity index (χ2n) is 9.32. The predicted octanol–water partition coefficient (Wildman–Crippen LogP) is 5.48. The van der Waals surface area contributed by atoms with Crippen LogP contribution in [0.15, 0.2) is 60.7 Å². The number of hydrogen-bond donors (Lipinski definition) is 0. The van der Waals surface area contributed by atoms with Gasteiger partial charge in [0.1, 0.15) is 0 Å². The molecule has 0 radical (unpaired) electrons. The minimum absolute atomic E-state index is 0.0752. The molecule has 0 aliphatic heterocycles. The standard InChI is InChI=1S/C26H25N4/c1-16-17(26(2,3)4)14-15-22-23(16)24-28(5)20-12-8-9-13-21(20)30(24)25-27-18-10-6-7-11-19(18)29(22)25/h6-15H,1-5H3/q+1. The van der Waals surface area contributed by atoms with Crippen LogP contribution in [-0.2, 0) is 12.5 Å². The fourth-order valence-electron chi connectivity index (χ4n) is 5.18. The van der Waals surface area contributed by atoms with Crippen molar-refractivity contribution in [1.82, 2.24) is 13.8 Å².